The molecule has 0 saturated carbocycles. The molecule has 0 heterocycles. The van der Waals surface area contributed by atoms with Crippen LogP contribution in [0, 0.1) is 0 Å². The number of amides is 3. The number of benzene rings is 1. The van der Waals surface area contributed by atoms with E-state index in [1.54, 1.807) is 12.1 Å². The van der Waals surface area contributed by atoms with E-state index in [1.165, 1.54) is 12.1 Å². The number of hydrogen-bond donors (Lipinski definition) is 9. The Hall–Kier alpha value is -3.52. The molecule has 1 aromatic carbocycles. The number of carboxylic acids is 1. The highest BCUT2D eigenvalue weighted by molar-refractivity contribution is 7.80. The summed E-state index contributed by atoms with van der Waals surface area (Å²) in [6, 6.07) is 2.82. The summed E-state index contributed by atoms with van der Waals surface area (Å²) in [6.45, 7) is -0.336. The zero-order valence-corrected chi connectivity index (χ0v) is 19.3. The molecular weight excluding hydrogens is 466 g/mol. The van der Waals surface area contributed by atoms with E-state index >= 15 is 0 Å². The number of guanidine groups is 1. The molecule has 1 aromatic rings. The molecule has 0 radical (unpaired) electrons. The molecule has 3 atom stereocenters. The van der Waals surface area contributed by atoms with Crippen molar-refractivity contribution in [2.45, 2.75) is 37.4 Å². The Bertz CT molecular complexity index is 877. The number of carbonyl (C=O) groups excluding carboxylic acids is 3. The van der Waals surface area contributed by atoms with Crippen molar-refractivity contribution < 1.29 is 29.4 Å². The normalized spacial score (nSPS) is 13.1. The van der Waals surface area contributed by atoms with Gasteiger partial charge in [0.2, 0.25) is 17.7 Å². The van der Waals surface area contributed by atoms with Crippen molar-refractivity contribution in [3.8, 4) is 5.75 Å². The molecule has 1 rings (SSSR count). The molecule has 0 bridgehead atoms. The van der Waals surface area contributed by atoms with Gasteiger partial charge in [-0.2, -0.15) is 12.6 Å². The number of carboxylic acid groups (broad SMARTS) is 1. The number of nitrogens with zero attached hydrogens (tertiary/aromatic N) is 1. The predicted molar refractivity (Wildman–Crippen MR) is 128 cm³/mol. The highest BCUT2D eigenvalue weighted by atomic mass is 32.1. The first kappa shape index (κ1) is 28.5. The number of nitrogens with one attached hydrogen (secondary N) is 3. The predicted octanol–water partition coefficient (Wildman–Crippen LogP) is -2.58. The lowest BCUT2D eigenvalue weighted by molar-refractivity contribution is -0.138. The minimum absolute atomic E-state index is 0.0295. The van der Waals surface area contributed by atoms with Gasteiger partial charge in [-0.3, -0.25) is 24.2 Å². The summed E-state index contributed by atoms with van der Waals surface area (Å²) < 4.78 is 0. The van der Waals surface area contributed by atoms with Crippen LogP contribution in [0.15, 0.2) is 29.3 Å². The SMILES string of the molecule is NC(N)=NCCCC(N)C(=O)NC(Cc1ccc(O)cc1)C(=O)NC(CS)C(=O)NCC(=O)O. The Kier molecular flexibility index (Phi) is 12.2. The standard InChI is InChI=1S/C20H31N7O6S/c21-13(2-1-7-24-20(22)23)17(31)26-14(8-11-3-5-12(28)6-4-11)19(33)27-15(10-34)18(32)25-9-16(29)30/h3-6,13-15,28,34H,1-2,7-10,21H2,(H,25,32)(H,26,31)(H,27,33)(H,29,30)(H4,22,23,24). The molecule has 13 nitrogen and oxygen atoms in total. The van der Waals surface area contributed by atoms with Gasteiger partial charge in [-0.1, -0.05) is 12.1 Å². The second kappa shape index (κ2) is 14.6. The monoisotopic (exact) mass is 497 g/mol. The number of aliphatic carboxylic acids is 1. The number of hydrogen-bond acceptors (Lipinski definition) is 8. The molecule has 34 heavy (non-hydrogen) atoms. The number of aromatic hydroxyl groups is 1. The summed E-state index contributed by atoms with van der Waals surface area (Å²) in [5, 5.41) is 25.4. The number of nitrogens with two attached hydrogens (primary N) is 3. The maximum atomic E-state index is 12.9. The van der Waals surface area contributed by atoms with Crippen LogP contribution in [-0.4, -0.2) is 76.8 Å². The van der Waals surface area contributed by atoms with Crippen LogP contribution in [0.2, 0.25) is 0 Å². The number of carbonyl (C=O) groups is 4. The fourth-order valence-corrected chi connectivity index (χ4v) is 3.02. The molecule has 0 fully saturated rings. The van der Waals surface area contributed by atoms with E-state index in [-0.39, 0.29) is 36.8 Å². The molecule has 14 heteroatoms. The fourth-order valence-electron chi connectivity index (χ4n) is 2.76. The third-order valence-corrected chi connectivity index (χ3v) is 4.91. The molecule has 0 aromatic heterocycles. The maximum absolute atomic E-state index is 12.9. The van der Waals surface area contributed by atoms with E-state index in [4.69, 9.17) is 22.3 Å². The first-order valence-corrected chi connectivity index (χ1v) is 11.0. The van der Waals surface area contributed by atoms with Crippen molar-refractivity contribution in [2.24, 2.45) is 22.2 Å². The molecule has 3 unspecified atom stereocenters. The minimum atomic E-state index is -1.25. The third kappa shape index (κ3) is 10.9. The van der Waals surface area contributed by atoms with Gasteiger partial charge in [-0.15, -0.1) is 0 Å². The van der Waals surface area contributed by atoms with Crippen molar-refractivity contribution in [3.63, 3.8) is 0 Å². The van der Waals surface area contributed by atoms with Crippen LogP contribution in [0.3, 0.4) is 0 Å². The number of phenolic OH excluding ortho intramolecular Hbond substituents is 1. The zero-order valence-electron chi connectivity index (χ0n) is 18.4. The van der Waals surface area contributed by atoms with E-state index in [9.17, 15) is 24.3 Å². The topological polar surface area (TPSA) is 235 Å². The average Bonchev–Trinajstić information content (AvgIpc) is 2.78. The van der Waals surface area contributed by atoms with E-state index in [0.29, 0.717) is 12.0 Å². The van der Waals surface area contributed by atoms with Crippen molar-refractivity contribution in [2.75, 3.05) is 18.8 Å². The van der Waals surface area contributed by atoms with Crippen molar-refractivity contribution >= 4 is 42.3 Å². The Morgan fingerprint density at radius 3 is 2.18 bits per heavy atom. The number of rotatable bonds is 14. The van der Waals surface area contributed by atoms with Crippen molar-refractivity contribution in [3.05, 3.63) is 29.8 Å². The van der Waals surface area contributed by atoms with Crippen molar-refractivity contribution in [1.82, 2.24) is 16.0 Å². The molecule has 0 aliphatic rings. The number of thiol groups is 1. The summed E-state index contributed by atoms with van der Waals surface area (Å²) in [5.41, 5.74) is 17.0. The van der Waals surface area contributed by atoms with Gasteiger partial charge in [-0.25, -0.2) is 0 Å². The van der Waals surface area contributed by atoms with E-state index < -0.39 is 48.4 Å². The summed E-state index contributed by atoms with van der Waals surface area (Å²) >= 11 is 4.03. The Morgan fingerprint density at radius 1 is 1.00 bits per heavy atom. The van der Waals surface area contributed by atoms with Gasteiger partial charge in [0.05, 0.1) is 6.04 Å². The van der Waals surface area contributed by atoms with Crippen LogP contribution >= 0.6 is 12.6 Å². The summed E-state index contributed by atoms with van der Waals surface area (Å²) in [4.78, 5) is 52.2. The summed E-state index contributed by atoms with van der Waals surface area (Å²) in [5.74, 6) is -3.43. The smallest absolute Gasteiger partial charge is 0.322 e. The Balaban J connectivity index is 2.89. The Morgan fingerprint density at radius 2 is 1.62 bits per heavy atom. The van der Waals surface area contributed by atoms with Gasteiger partial charge in [0, 0.05) is 18.7 Å². The summed E-state index contributed by atoms with van der Waals surface area (Å²) in [7, 11) is 0. The molecule has 0 saturated heterocycles. The Labute approximate surface area is 201 Å². The highest BCUT2D eigenvalue weighted by Gasteiger charge is 2.28. The van der Waals surface area contributed by atoms with Gasteiger partial charge in [-0.05, 0) is 30.5 Å². The average molecular weight is 498 g/mol. The van der Waals surface area contributed by atoms with Gasteiger partial charge < -0.3 is 43.4 Å². The second-order valence-corrected chi connectivity index (χ2v) is 7.71. The van der Waals surface area contributed by atoms with E-state index in [2.05, 4.69) is 33.6 Å². The largest absolute Gasteiger partial charge is 0.508 e. The molecule has 0 spiro atoms. The molecule has 0 aliphatic carbocycles. The van der Waals surface area contributed by atoms with Crippen LogP contribution in [-0.2, 0) is 25.6 Å². The van der Waals surface area contributed by atoms with Gasteiger partial charge in [0.25, 0.3) is 0 Å². The van der Waals surface area contributed by atoms with Gasteiger partial charge >= 0.3 is 5.97 Å². The lowest BCUT2D eigenvalue weighted by Gasteiger charge is -2.23. The zero-order chi connectivity index (χ0) is 25.7. The van der Waals surface area contributed by atoms with E-state index in [1.807, 2.05) is 0 Å². The van der Waals surface area contributed by atoms with Gasteiger partial charge in [0.15, 0.2) is 5.96 Å². The minimum Gasteiger partial charge on any atom is -0.508 e. The first-order valence-electron chi connectivity index (χ1n) is 10.3. The highest BCUT2D eigenvalue weighted by Crippen LogP contribution is 2.12. The number of aliphatic imine (C=N–C) groups is 1. The van der Waals surface area contributed by atoms with Crippen molar-refractivity contribution in [1.29, 1.82) is 0 Å². The summed E-state index contributed by atoms with van der Waals surface area (Å²) in [6.07, 6.45) is 0.731. The molecule has 11 N–H and O–H groups in total. The lowest BCUT2D eigenvalue weighted by Crippen LogP contribution is -2.57. The maximum Gasteiger partial charge on any atom is 0.322 e. The lowest BCUT2D eigenvalue weighted by atomic mass is 10.0. The van der Waals surface area contributed by atoms with Crippen LogP contribution in [0.5, 0.6) is 5.75 Å². The molecule has 3 amide bonds. The number of phenols is 1. The first-order chi connectivity index (χ1) is 16.0. The quantitative estimate of drug-likeness (QED) is 0.0567. The van der Waals surface area contributed by atoms with Crippen LogP contribution in [0.1, 0.15) is 18.4 Å². The van der Waals surface area contributed by atoms with E-state index in [0.717, 1.165) is 0 Å². The fraction of sp³-hybridized carbons (Fsp3) is 0.450. The molecule has 0 aliphatic heterocycles. The third-order valence-electron chi connectivity index (χ3n) is 4.54. The molecular formula is C20H31N7O6S. The van der Waals surface area contributed by atoms with Gasteiger partial charge in [0.1, 0.15) is 24.4 Å². The van der Waals surface area contributed by atoms with Crippen LogP contribution in [0.4, 0.5) is 0 Å². The second-order valence-electron chi connectivity index (χ2n) is 7.34. The van der Waals surface area contributed by atoms with Crippen LogP contribution < -0.4 is 33.2 Å². The molecule has 188 valence electrons. The van der Waals surface area contributed by atoms with Crippen LogP contribution in [0.25, 0.3) is 0 Å².